The van der Waals surface area contributed by atoms with Crippen LogP contribution in [0.5, 0.6) is 0 Å². The Balaban J connectivity index is 1.73. The van der Waals surface area contributed by atoms with Crippen molar-refractivity contribution < 1.29 is 39.6 Å². The summed E-state index contributed by atoms with van der Waals surface area (Å²) in [4.78, 5) is 28.5. The molecule has 0 saturated heterocycles. The van der Waals surface area contributed by atoms with Crippen LogP contribution in [0.3, 0.4) is 0 Å². The van der Waals surface area contributed by atoms with Crippen LogP contribution in [0.2, 0.25) is 10.0 Å². The lowest BCUT2D eigenvalue weighted by molar-refractivity contribution is -0.143. The van der Waals surface area contributed by atoms with E-state index < -0.39 is 68.2 Å². The molecule has 0 saturated carbocycles. The van der Waals surface area contributed by atoms with E-state index in [9.17, 15) is 44.3 Å². The lowest BCUT2D eigenvalue weighted by atomic mass is 9.94. The van der Waals surface area contributed by atoms with Crippen molar-refractivity contribution >= 4 is 49.8 Å². The Labute approximate surface area is 250 Å². The van der Waals surface area contributed by atoms with Gasteiger partial charge in [0.15, 0.2) is 9.84 Å². The number of benzene rings is 3. The molecule has 43 heavy (non-hydrogen) atoms. The van der Waals surface area contributed by atoms with Crippen molar-refractivity contribution in [3.63, 3.8) is 0 Å². The normalized spacial score (nSPS) is 14.6. The number of pyridine rings is 1. The van der Waals surface area contributed by atoms with Crippen LogP contribution < -0.4 is 5.56 Å². The first-order valence-electron chi connectivity index (χ1n) is 12.3. The average Bonchev–Trinajstić information content (AvgIpc) is 2.89. The molecule has 1 amide bonds. The molecule has 0 unspecified atom stereocenters. The minimum absolute atomic E-state index is 0.0293. The molecule has 15 heteroatoms. The predicted octanol–water partition coefficient (Wildman–Crippen LogP) is 7.07. The van der Waals surface area contributed by atoms with Crippen molar-refractivity contribution in [2.45, 2.75) is 30.3 Å². The largest absolute Gasteiger partial charge is 0.416 e. The van der Waals surface area contributed by atoms with Crippen LogP contribution >= 0.6 is 23.2 Å². The molecule has 0 aliphatic carbocycles. The van der Waals surface area contributed by atoms with Crippen LogP contribution in [-0.2, 0) is 35.3 Å². The highest BCUT2D eigenvalue weighted by Gasteiger charge is 2.37. The van der Waals surface area contributed by atoms with Crippen LogP contribution in [0.25, 0.3) is 22.0 Å². The summed E-state index contributed by atoms with van der Waals surface area (Å²) < 4.78 is 107. The summed E-state index contributed by atoms with van der Waals surface area (Å²) >= 11 is 12.4. The molecule has 1 aromatic heterocycles. The first-order chi connectivity index (χ1) is 19.9. The number of halogens is 8. The molecule has 4 aromatic rings. The van der Waals surface area contributed by atoms with Crippen LogP contribution in [-0.4, -0.2) is 36.6 Å². The summed E-state index contributed by atoms with van der Waals surface area (Å²) in [6.07, 6.45) is -10.2. The molecule has 1 aliphatic rings. The average molecular weight is 663 g/mol. The number of rotatable bonds is 4. The number of sulfone groups is 1. The molecule has 1 aliphatic heterocycles. The summed E-state index contributed by atoms with van der Waals surface area (Å²) in [7, 11) is -2.68. The molecule has 2 heterocycles. The molecule has 3 aromatic carbocycles. The third-order valence-electron chi connectivity index (χ3n) is 6.94. The predicted molar refractivity (Wildman–Crippen MR) is 148 cm³/mol. The molecule has 5 rings (SSSR count). The fourth-order valence-electron chi connectivity index (χ4n) is 5.11. The van der Waals surface area contributed by atoms with Crippen molar-refractivity contribution in [2.24, 2.45) is 0 Å². The van der Waals surface area contributed by atoms with Gasteiger partial charge in [-0.25, -0.2) is 8.42 Å². The number of amides is 1. The first kappa shape index (κ1) is 30.9. The molecule has 226 valence electrons. The highest BCUT2D eigenvalue weighted by atomic mass is 35.5. The van der Waals surface area contributed by atoms with E-state index in [0.717, 1.165) is 16.5 Å². The van der Waals surface area contributed by atoms with Crippen LogP contribution in [0.15, 0.2) is 64.3 Å². The maximum Gasteiger partial charge on any atom is 0.416 e. The quantitative estimate of drug-likeness (QED) is 0.219. The fourth-order valence-corrected chi connectivity index (χ4v) is 7.08. The number of aryl methyl sites for hydroxylation is 1. The van der Waals surface area contributed by atoms with E-state index in [1.807, 2.05) is 0 Å². The molecule has 0 spiro atoms. The number of aromatic nitrogens is 1. The maximum absolute atomic E-state index is 13.9. The zero-order valence-corrected chi connectivity index (χ0v) is 24.1. The Morgan fingerprint density at radius 1 is 0.930 bits per heavy atom. The second-order valence-electron chi connectivity index (χ2n) is 9.91. The molecular formula is C28H18Cl2F6N2O4S. The van der Waals surface area contributed by atoms with Gasteiger partial charge in [0.1, 0.15) is 5.56 Å². The zero-order valence-electron chi connectivity index (χ0n) is 21.8. The van der Waals surface area contributed by atoms with Gasteiger partial charge < -0.3 is 9.47 Å². The molecule has 0 bridgehead atoms. The van der Waals surface area contributed by atoms with Crippen molar-refractivity contribution in [1.82, 2.24) is 9.47 Å². The monoisotopic (exact) mass is 662 g/mol. The Kier molecular flexibility index (Phi) is 7.59. The van der Waals surface area contributed by atoms with Crippen molar-refractivity contribution in [2.75, 3.05) is 12.8 Å². The smallest absolute Gasteiger partial charge is 0.337 e. The van der Waals surface area contributed by atoms with Gasteiger partial charge in [-0.05, 0) is 53.6 Å². The highest BCUT2D eigenvalue weighted by molar-refractivity contribution is 7.91. The van der Waals surface area contributed by atoms with E-state index in [4.69, 9.17) is 23.2 Å². The van der Waals surface area contributed by atoms with E-state index >= 15 is 0 Å². The van der Waals surface area contributed by atoms with Gasteiger partial charge in [0, 0.05) is 41.1 Å². The fraction of sp³-hybridized carbons (Fsp3) is 0.214. The van der Waals surface area contributed by atoms with Crippen molar-refractivity contribution in [3.05, 3.63) is 97.3 Å². The Morgan fingerprint density at radius 3 is 2.07 bits per heavy atom. The van der Waals surface area contributed by atoms with E-state index in [1.54, 1.807) is 0 Å². The first-order valence-corrected chi connectivity index (χ1v) is 14.7. The number of alkyl halides is 6. The van der Waals surface area contributed by atoms with Gasteiger partial charge >= 0.3 is 12.4 Å². The summed E-state index contributed by atoms with van der Waals surface area (Å²) in [5.74, 6) is -1.47. The van der Waals surface area contributed by atoms with Gasteiger partial charge in [-0.2, -0.15) is 26.3 Å². The van der Waals surface area contributed by atoms with Gasteiger partial charge in [-0.1, -0.05) is 35.3 Å². The van der Waals surface area contributed by atoms with Gasteiger partial charge in [0.25, 0.3) is 11.5 Å². The molecular weight excluding hydrogens is 645 g/mol. The van der Waals surface area contributed by atoms with E-state index in [0.29, 0.717) is 12.1 Å². The molecule has 0 N–H and O–H groups in total. The minimum atomic E-state index is -5.10. The third-order valence-corrected chi connectivity index (χ3v) is 9.10. The SMILES string of the molecule is CN(Cc1cc(C(F)(F)F)cc(C(F)(F)F)c1)C(=O)c1c(-c2cc(Cl)cc(Cl)c2)c2cccc3c2n(c1=O)CCS3(=O)=O. The zero-order chi connectivity index (χ0) is 31.6. The second kappa shape index (κ2) is 10.6. The van der Waals surface area contributed by atoms with E-state index in [1.165, 1.54) is 36.4 Å². The van der Waals surface area contributed by atoms with E-state index in [2.05, 4.69) is 0 Å². The third kappa shape index (κ3) is 5.73. The highest BCUT2D eigenvalue weighted by Crippen LogP contribution is 2.39. The lowest BCUT2D eigenvalue weighted by Gasteiger charge is -2.25. The van der Waals surface area contributed by atoms with Crippen LogP contribution in [0.4, 0.5) is 26.3 Å². The Hall–Kier alpha value is -3.55. The van der Waals surface area contributed by atoms with Gasteiger partial charge in [0.2, 0.25) is 0 Å². The Morgan fingerprint density at radius 2 is 1.51 bits per heavy atom. The summed E-state index contributed by atoms with van der Waals surface area (Å²) in [5, 5.41) is 0.408. The Bertz CT molecular complexity index is 1940. The molecule has 0 radical (unpaired) electrons. The summed E-state index contributed by atoms with van der Waals surface area (Å²) in [5.41, 5.74) is -4.84. The molecule has 0 atom stereocenters. The van der Waals surface area contributed by atoms with Gasteiger partial charge in [-0.3, -0.25) is 9.59 Å². The van der Waals surface area contributed by atoms with Crippen molar-refractivity contribution in [1.29, 1.82) is 0 Å². The van der Waals surface area contributed by atoms with E-state index in [-0.39, 0.29) is 49.6 Å². The standard InChI is InChI=1S/C28H18Cl2F6N2O4S/c1-37(13-14-7-16(27(31,32)33)11-17(8-14)28(34,35)36)25(39)23-22(15-9-18(29)12-19(30)10-15)20-3-2-4-21-24(20)38(26(23)40)5-6-43(21,41)42/h2-4,7-12H,5-6,13H2,1H3. The number of carbonyl (C=O) groups excluding carboxylic acids is 1. The number of hydrogen-bond donors (Lipinski definition) is 0. The maximum atomic E-state index is 13.9. The second-order valence-corrected chi connectivity index (χ2v) is 12.9. The minimum Gasteiger partial charge on any atom is -0.337 e. The number of hydrogen-bond acceptors (Lipinski definition) is 4. The topological polar surface area (TPSA) is 76.5 Å². The molecule has 0 fully saturated rings. The van der Waals surface area contributed by atoms with Crippen molar-refractivity contribution in [3.8, 4) is 11.1 Å². The lowest BCUT2D eigenvalue weighted by Crippen LogP contribution is -2.38. The number of para-hydroxylation sites is 1. The summed E-state index contributed by atoms with van der Waals surface area (Å²) in [6, 6.07) is 9.34. The van der Waals surface area contributed by atoms with Gasteiger partial charge in [0.05, 0.1) is 27.3 Å². The van der Waals surface area contributed by atoms with Crippen LogP contribution in [0, 0.1) is 0 Å². The number of nitrogens with zero attached hydrogens (tertiary/aromatic N) is 2. The van der Waals surface area contributed by atoms with Crippen LogP contribution in [0.1, 0.15) is 27.0 Å². The molecule has 6 nitrogen and oxygen atoms in total. The summed E-state index contributed by atoms with van der Waals surface area (Å²) in [6.45, 7) is -1.02. The number of carbonyl (C=O) groups is 1. The van der Waals surface area contributed by atoms with Gasteiger partial charge in [-0.15, -0.1) is 0 Å².